The molecule has 0 fully saturated rings. The fourth-order valence-electron chi connectivity index (χ4n) is 1.66. The van der Waals surface area contributed by atoms with Crippen molar-refractivity contribution in [3.63, 3.8) is 0 Å². The van der Waals surface area contributed by atoms with E-state index in [0.29, 0.717) is 5.69 Å². The molecule has 0 aliphatic carbocycles. The van der Waals surface area contributed by atoms with Gasteiger partial charge in [-0.2, -0.15) is 0 Å². The minimum Gasteiger partial charge on any atom is -0.505 e. The van der Waals surface area contributed by atoms with Crippen molar-refractivity contribution in [2.75, 3.05) is 5.32 Å². The highest BCUT2D eigenvalue weighted by Crippen LogP contribution is 2.27. The number of aromatic hydroxyl groups is 1. The van der Waals surface area contributed by atoms with Gasteiger partial charge < -0.3 is 20.8 Å². The number of amides is 2. The lowest BCUT2D eigenvalue weighted by atomic mass is 10.1. The molecule has 7 heteroatoms. The molecule has 2 aromatic rings. The molecule has 0 bridgehead atoms. The van der Waals surface area contributed by atoms with Crippen molar-refractivity contribution in [3.8, 4) is 5.75 Å². The minimum atomic E-state index is -1.27. The van der Waals surface area contributed by atoms with Gasteiger partial charge in [-0.1, -0.05) is 12.1 Å². The quantitative estimate of drug-likeness (QED) is 0.641. The van der Waals surface area contributed by atoms with Crippen LogP contribution in [0.25, 0.3) is 0 Å². The standard InChI is InChI=1S/C14H13N3O4/c18-12-10(13(19)20)5-3-6-11(12)17-14(21)16-8-9-4-1-2-7-15-9/h1-7,18H,8H2,(H,19,20)(H2,16,17,21). The second-order valence-corrected chi connectivity index (χ2v) is 4.14. The van der Waals surface area contributed by atoms with Crippen LogP contribution in [0.5, 0.6) is 5.75 Å². The van der Waals surface area contributed by atoms with Crippen molar-refractivity contribution in [1.29, 1.82) is 0 Å². The van der Waals surface area contributed by atoms with Crippen LogP contribution in [0.1, 0.15) is 16.1 Å². The van der Waals surface area contributed by atoms with E-state index in [0.717, 1.165) is 0 Å². The molecule has 108 valence electrons. The number of phenols is 1. The molecule has 0 spiro atoms. The van der Waals surface area contributed by atoms with Crippen LogP contribution in [0.4, 0.5) is 10.5 Å². The van der Waals surface area contributed by atoms with E-state index in [1.54, 1.807) is 24.4 Å². The van der Waals surface area contributed by atoms with Gasteiger partial charge in [-0.15, -0.1) is 0 Å². The van der Waals surface area contributed by atoms with Crippen LogP contribution in [-0.4, -0.2) is 27.2 Å². The van der Waals surface area contributed by atoms with Gasteiger partial charge in [0.05, 0.1) is 17.9 Å². The molecule has 2 rings (SSSR count). The summed E-state index contributed by atoms with van der Waals surface area (Å²) in [6.07, 6.45) is 1.61. The second kappa shape index (κ2) is 6.38. The average Bonchev–Trinajstić information content (AvgIpc) is 2.48. The fraction of sp³-hybridized carbons (Fsp3) is 0.0714. The molecule has 0 atom stereocenters. The smallest absolute Gasteiger partial charge is 0.339 e. The Morgan fingerprint density at radius 2 is 1.95 bits per heavy atom. The van der Waals surface area contributed by atoms with Gasteiger partial charge in [0.1, 0.15) is 5.56 Å². The van der Waals surface area contributed by atoms with Crippen LogP contribution in [0.3, 0.4) is 0 Å². The maximum absolute atomic E-state index is 11.7. The van der Waals surface area contributed by atoms with Crippen molar-refractivity contribution in [2.24, 2.45) is 0 Å². The van der Waals surface area contributed by atoms with Crippen LogP contribution in [0.2, 0.25) is 0 Å². The Hall–Kier alpha value is -3.09. The fourth-order valence-corrected chi connectivity index (χ4v) is 1.66. The summed E-state index contributed by atoms with van der Waals surface area (Å²) >= 11 is 0. The first-order valence-electron chi connectivity index (χ1n) is 6.08. The Kier molecular flexibility index (Phi) is 4.35. The number of pyridine rings is 1. The Morgan fingerprint density at radius 3 is 2.62 bits per heavy atom. The number of urea groups is 1. The van der Waals surface area contributed by atoms with E-state index in [9.17, 15) is 14.7 Å². The summed E-state index contributed by atoms with van der Waals surface area (Å²) in [4.78, 5) is 26.6. The third-order valence-electron chi connectivity index (χ3n) is 2.67. The summed E-state index contributed by atoms with van der Waals surface area (Å²) in [6, 6.07) is 8.82. The van der Waals surface area contributed by atoms with Crippen molar-refractivity contribution in [3.05, 3.63) is 53.9 Å². The number of hydrogen-bond acceptors (Lipinski definition) is 4. The van der Waals surface area contributed by atoms with E-state index in [1.807, 2.05) is 0 Å². The number of para-hydroxylation sites is 1. The van der Waals surface area contributed by atoms with E-state index >= 15 is 0 Å². The van der Waals surface area contributed by atoms with Crippen molar-refractivity contribution in [2.45, 2.75) is 6.54 Å². The number of benzene rings is 1. The average molecular weight is 287 g/mol. The number of hydrogen-bond donors (Lipinski definition) is 4. The van der Waals surface area contributed by atoms with Crippen molar-refractivity contribution in [1.82, 2.24) is 10.3 Å². The Balaban J connectivity index is 2.00. The van der Waals surface area contributed by atoms with Gasteiger partial charge in [-0.3, -0.25) is 4.98 Å². The van der Waals surface area contributed by atoms with Gasteiger partial charge in [0, 0.05) is 6.20 Å². The predicted octanol–water partition coefficient (Wildman–Crippen LogP) is 1.81. The summed E-state index contributed by atoms with van der Waals surface area (Å²) in [5.41, 5.74) is 0.419. The lowest BCUT2D eigenvalue weighted by Gasteiger charge is -2.10. The SMILES string of the molecule is O=C(NCc1ccccn1)Nc1cccc(C(=O)O)c1O. The van der Waals surface area contributed by atoms with Crippen LogP contribution in [0.15, 0.2) is 42.6 Å². The largest absolute Gasteiger partial charge is 0.505 e. The zero-order chi connectivity index (χ0) is 15.2. The Bertz CT molecular complexity index is 659. The number of carboxylic acids is 1. The van der Waals surface area contributed by atoms with E-state index in [2.05, 4.69) is 15.6 Å². The topological polar surface area (TPSA) is 112 Å². The molecule has 2 amide bonds. The van der Waals surface area contributed by atoms with Crippen molar-refractivity contribution < 1.29 is 19.8 Å². The lowest BCUT2D eigenvalue weighted by Crippen LogP contribution is -2.28. The summed E-state index contributed by atoms with van der Waals surface area (Å²) in [5, 5.41) is 23.6. The molecule has 1 aromatic carbocycles. The van der Waals surface area contributed by atoms with E-state index in [4.69, 9.17) is 5.11 Å². The molecule has 4 N–H and O–H groups in total. The van der Waals surface area contributed by atoms with Crippen LogP contribution in [0, 0.1) is 0 Å². The molecule has 1 aromatic heterocycles. The van der Waals surface area contributed by atoms with Gasteiger partial charge in [0.2, 0.25) is 0 Å². The highest BCUT2D eigenvalue weighted by molar-refractivity contribution is 5.97. The number of nitrogens with zero attached hydrogens (tertiary/aromatic N) is 1. The predicted molar refractivity (Wildman–Crippen MR) is 75.2 cm³/mol. The third-order valence-corrected chi connectivity index (χ3v) is 2.67. The molecule has 0 saturated heterocycles. The number of anilines is 1. The zero-order valence-corrected chi connectivity index (χ0v) is 10.9. The van der Waals surface area contributed by atoms with E-state index < -0.39 is 17.7 Å². The van der Waals surface area contributed by atoms with Gasteiger partial charge in [-0.25, -0.2) is 9.59 Å². The Morgan fingerprint density at radius 1 is 1.14 bits per heavy atom. The number of carbonyl (C=O) groups excluding carboxylic acids is 1. The maximum Gasteiger partial charge on any atom is 0.339 e. The molecule has 0 aliphatic heterocycles. The van der Waals surface area contributed by atoms with Crippen LogP contribution in [-0.2, 0) is 6.54 Å². The first kappa shape index (κ1) is 14.3. The number of aromatic nitrogens is 1. The maximum atomic E-state index is 11.7. The summed E-state index contributed by atoms with van der Waals surface area (Å²) < 4.78 is 0. The number of nitrogens with one attached hydrogen (secondary N) is 2. The molecule has 0 aliphatic rings. The molecule has 0 radical (unpaired) electrons. The summed E-state index contributed by atoms with van der Waals surface area (Å²) in [5.74, 6) is -1.76. The van der Waals surface area contributed by atoms with Gasteiger partial charge in [0.25, 0.3) is 0 Å². The van der Waals surface area contributed by atoms with Crippen LogP contribution >= 0.6 is 0 Å². The number of carbonyl (C=O) groups is 2. The van der Waals surface area contributed by atoms with Gasteiger partial charge >= 0.3 is 12.0 Å². The monoisotopic (exact) mass is 287 g/mol. The van der Waals surface area contributed by atoms with Gasteiger partial charge in [0.15, 0.2) is 5.75 Å². The molecule has 7 nitrogen and oxygen atoms in total. The Labute approximate surface area is 120 Å². The highest BCUT2D eigenvalue weighted by Gasteiger charge is 2.14. The summed E-state index contributed by atoms with van der Waals surface area (Å²) in [6.45, 7) is 0.214. The molecule has 0 saturated carbocycles. The number of carboxylic acid groups (broad SMARTS) is 1. The summed E-state index contributed by atoms with van der Waals surface area (Å²) in [7, 11) is 0. The van der Waals surface area contributed by atoms with Crippen LogP contribution < -0.4 is 10.6 Å². The molecule has 0 unspecified atom stereocenters. The normalized spacial score (nSPS) is 9.90. The molecular formula is C14H13N3O4. The first-order valence-corrected chi connectivity index (χ1v) is 6.08. The van der Waals surface area contributed by atoms with Gasteiger partial charge in [-0.05, 0) is 24.3 Å². The minimum absolute atomic E-state index is 0.0217. The molecule has 21 heavy (non-hydrogen) atoms. The zero-order valence-electron chi connectivity index (χ0n) is 10.9. The number of rotatable bonds is 4. The lowest BCUT2D eigenvalue weighted by molar-refractivity contribution is 0.0693. The highest BCUT2D eigenvalue weighted by atomic mass is 16.4. The second-order valence-electron chi connectivity index (χ2n) is 4.14. The van der Waals surface area contributed by atoms with Crippen molar-refractivity contribution >= 4 is 17.7 Å². The van der Waals surface area contributed by atoms with E-state index in [1.165, 1.54) is 18.2 Å². The molecule has 1 heterocycles. The number of aromatic carboxylic acids is 1. The molecular weight excluding hydrogens is 274 g/mol. The third kappa shape index (κ3) is 3.69. The first-order chi connectivity index (χ1) is 10.1. The van der Waals surface area contributed by atoms with E-state index in [-0.39, 0.29) is 17.8 Å².